The third-order valence-electron chi connectivity index (χ3n) is 2.12. The van der Waals surface area contributed by atoms with Crippen LogP contribution >= 0.6 is 0 Å². The SMILES string of the molecule is C#CCNCCS(=O)(=O)c1ccc(C#N)cc1. The monoisotopic (exact) mass is 248 g/mol. The molecule has 88 valence electrons. The van der Waals surface area contributed by atoms with Gasteiger partial charge in [0.1, 0.15) is 0 Å². The zero-order chi connectivity index (χ0) is 12.7. The first-order chi connectivity index (χ1) is 8.10. The summed E-state index contributed by atoms with van der Waals surface area (Å²) in [5, 5.41) is 11.4. The van der Waals surface area contributed by atoms with E-state index in [0.29, 0.717) is 18.7 Å². The predicted octanol–water partition coefficient (Wildman–Crippen LogP) is 0.555. The van der Waals surface area contributed by atoms with Crippen LogP contribution in [0.4, 0.5) is 0 Å². The van der Waals surface area contributed by atoms with Crippen LogP contribution in [-0.2, 0) is 9.84 Å². The van der Waals surface area contributed by atoms with Crippen LogP contribution in [-0.4, -0.2) is 27.3 Å². The maximum Gasteiger partial charge on any atom is 0.179 e. The number of hydrogen-bond acceptors (Lipinski definition) is 4. The molecule has 0 saturated heterocycles. The van der Waals surface area contributed by atoms with Gasteiger partial charge in [0.2, 0.25) is 0 Å². The van der Waals surface area contributed by atoms with Crippen LogP contribution in [0, 0.1) is 23.7 Å². The molecule has 0 fully saturated rings. The highest BCUT2D eigenvalue weighted by Crippen LogP contribution is 2.11. The fraction of sp³-hybridized carbons (Fsp3) is 0.250. The van der Waals surface area contributed by atoms with E-state index < -0.39 is 9.84 Å². The Hall–Kier alpha value is -1.82. The Balaban J connectivity index is 2.70. The van der Waals surface area contributed by atoms with Crippen molar-refractivity contribution >= 4 is 9.84 Å². The van der Waals surface area contributed by atoms with Crippen molar-refractivity contribution in [1.29, 1.82) is 5.26 Å². The van der Waals surface area contributed by atoms with Gasteiger partial charge in [0, 0.05) is 6.54 Å². The molecule has 1 aromatic rings. The predicted molar refractivity (Wildman–Crippen MR) is 64.9 cm³/mol. The lowest BCUT2D eigenvalue weighted by Gasteiger charge is -2.04. The van der Waals surface area contributed by atoms with E-state index in [-0.39, 0.29) is 10.6 Å². The summed E-state index contributed by atoms with van der Waals surface area (Å²) < 4.78 is 23.6. The number of hydrogen-bond donors (Lipinski definition) is 1. The molecule has 0 saturated carbocycles. The third kappa shape index (κ3) is 3.92. The molecule has 1 N–H and O–H groups in total. The zero-order valence-corrected chi connectivity index (χ0v) is 10.00. The lowest BCUT2D eigenvalue weighted by Crippen LogP contribution is -2.23. The molecule has 0 atom stereocenters. The highest BCUT2D eigenvalue weighted by Gasteiger charge is 2.13. The lowest BCUT2D eigenvalue weighted by atomic mass is 10.2. The standard InChI is InChI=1S/C12H12N2O2S/c1-2-7-14-8-9-17(15,16)12-5-3-11(10-13)4-6-12/h1,3-6,14H,7-9H2. The van der Waals surface area contributed by atoms with Crippen molar-refractivity contribution in [3.05, 3.63) is 29.8 Å². The summed E-state index contributed by atoms with van der Waals surface area (Å²) in [6.45, 7) is 0.662. The molecule has 0 bridgehead atoms. The van der Waals surface area contributed by atoms with E-state index in [2.05, 4.69) is 11.2 Å². The molecule has 0 heterocycles. The molecule has 5 heteroatoms. The minimum Gasteiger partial charge on any atom is -0.305 e. The van der Waals surface area contributed by atoms with Gasteiger partial charge in [-0.2, -0.15) is 5.26 Å². The second-order valence-corrected chi connectivity index (χ2v) is 5.45. The molecule has 1 rings (SSSR count). The molecule has 1 aromatic carbocycles. The summed E-state index contributed by atoms with van der Waals surface area (Å²) >= 11 is 0. The topological polar surface area (TPSA) is 70.0 Å². The Kier molecular flexibility index (Phi) is 4.71. The van der Waals surface area contributed by atoms with Gasteiger partial charge in [-0.1, -0.05) is 5.92 Å². The van der Waals surface area contributed by atoms with Crippen LogP contribution in [0.1, 0.15) is 5.56 Å². The zero-order valence-electron chi connectivity index (χ0n) is 9.18. The van der Waals surface area contributed by atoms with Crippen molar-refractivity contribution in [3.63, 3.8) is 0 Å². The first kappa shape index (κ1) is 13.2. The Morgan fingerprint density at radius 1 is 1.29 bits per heavy atom. The van der Waals surface area contributed by atoms with E-state index in [9.17, 15) is 8.42 Å². The molecule has 0 radical (unpaired) electrons. The van der Waals surface area contributed by atoms with E-state index >= 15 is 0 Å². The van der Waals surface area contributed by atoms with Gasteiger partial charge >= 0.3 is 0 Å². The van der Waals surface area contributed by atoms with E-state index in [4.69, 9.17) is 11.7 Å². The van der Waals surface area contributed by atoms with Gasteiger partial charge in [0.15, 0.2) is 9.84 Å². The Morgan fingerprint density at radius 3 is 2.47 bits per heavy atom. The number of nitrogens with zero attached hydrogens (tertiary/aromatic N) is 1. The second-order valence-electron chi connectivity index (χ2n) is 3.34. The molecule has 0 aromatic heterocycles. The molecule has 0 amide bonds. The van der Waals surface area contributed by atoms with Gasteiger partial charge in [0.25, 0.3) is 0 Å². The van der Waals surface area contributed by atoms with Crippen LogP contribution < -0.4 is 5.32 Å². The normalized spacial score (nSPS) is 10.5. The summed E-state index contributed by atoms with van der Waals surface area (Å²) in [6.07, 6.45) is 5.03. The van der Waals surface area contributed by atoms with E-state index in [1.807, 2.05) is 6.07 Å². The average molecular weight is 248 g/mol. The quantitative estimate of drug-likeness (QED) is 0.610. The summed E-state index contributed by atoms with van der Waals surface area (Å²) in [5.41, 5.74) is 0.439. The molecule has 4 nitrogen and oxygen atoms in total. The van der Waals surface area contributed by atoms with Crippen molar-refractivity contribution in [3.8, 4) is 18.4 Å². The minimum absolute atomic E-state index is 0.0133. The van der Waals surface area contributed by atoms with Gasteiger partial charge < -0.3 is 5.32 Å². The van der Waals surface area contributed by atoms with Crippen LogP contribution in [0.2, 0.25) is 0 Å². The van der Waals surface area contributed by atoms with Gasteiger partial charge in [-0.05, 0) is 24.3 Å². The number of benzene rings is 1. The Morgan fingerprint density at radius 2 is 1.94 bits per heavy atom. The maximum atomic E-state index is 11.8. The van der Waals surface area contributed by atoms with Crippen molar-refractivity contribution in [2.24, 2.45) is 0 Å². The molecule has 0 spiro atoms. The summed E-state index contributed by atoms with van der Waals surface area (Å²) in [7, 11) is -3.31. The average Bonchev–Trinajstić information content (AvgIpc) is 2.35. The molecule has 0 unspecified atom stereocenters. The van der Waals surface area contributed by atoms with Gasteiger partial charge in [0.05, 0.1) is 28.8 Å². The summed E-state index contributed by atoms with van der Waals surface area (Å²) in [6, 6.07) is 7.79. The number of sulfone groups is 1. The molecule has 0 aliphatic rings. The molecular weight excluding hydrogens is 236 g/mol. The molecule has 17 heavy (non-hydrogen) atoms. The van der Waals surface area contributed by atoms with Crippen LogP contribution in [0.5, 0.6) is 0 Å². The number of nitriles is 1. The van der Waals surface area contributed by atoms with E-state index in [1.54, 1.807) is 0 Å². The van der Waals surface area contributed by atoms with Crippen molar-refractivity contribution in [2.45, 2.75) is 4.90 Å². The van der Waals surface area contributed by atoms with Crippen LogP contribution in [0.25, 0.3) is 0 Å². The molecule has 0 aliphatic carbocycles. The minimum atomic E-state index is -3.31. The smallest absolute Gasteiger partial charge is 0.179 e. The second kappa shape index (κ2) is 6.05. The number of terminal acetylenes is 1. The van der Waals surface area contributed by atoms with Crippen LogP contribution in [0.15, 0.2) is 29.2 Å². The van der Waals surface area contributed by atoms with Gasteiger partial charge in [-0.15, -0.1) is 6.42 Å². The van der Waals surface area contributed by atoms with Crippen molar-refractivity contribution < 1.29 is 8.42 Å². The Labute approximate surface area is 101 Å². The first-order valence-electron chi connectivity index (χ1n) is 4.97. The highest BCUT2D eigenvalue weighted by atomic mass is 32.2. The fourth-order valence-corrected chi connectivity index (χ4v) is 2.42. The van der Waals surface area contributed by atoms with Gasteiger partial charge in [-0.3, -0.25) is 0 Å². The first-order valence-corrected chi connectivity index (χ1v) is 6.62. The Bertz CT molecular complexity index is 548. The number of nitrogens with one attached hydrogen (secondary N) is 1. The van der Waals surface area contributed by atoms with E-state index in [0.717, 1.165) is 0 Å². The van der Waals surface area contributed by atoms with Crippen molar-refractivity contribution in [1.82, 2.24) is 5.32 Å². The maximum absolute atomic E-state index is 11.8. The summed E-state index contributed by atoms with van der Waals surface area (Å²) in [4.78, 5) is 0.221. The third-order valence-corrected chi connectivity index (χ3v) is 3.85. The number of rotatable bonds is 5. The van der Waals surface area contributed by atoms with Crippen LogP contribution in [0.3, 0.4) is 0 Å². The largest absolute Gasteiger partial charge is 0.305 e. The molecule has 0 aliphatic heterocycles. The summed E-state index contributed by atoms with van der Waals surface area (Å²) in [5.74, 6) is 2.35. The lowest BCUT2D eigenvalue weighted by molar-refractivity contribution is 0.593. The fourth-order valence-electron chi connectivity index (χ4n) is 1.22. The van der Waals surface area contributed by atoms with E-state index in [1.165, 1.54) is 24.3 Å². The van der Waals surface area contributed by atoms with Crippen molar-refractivity contribution in [2.75, 3.05) is 18.8 Å². The highest BCUT2D eigenvalue weighted by molar-refractivity contribution is 7.91. The molecular formula is C12H12N2O2S. The van der Waals surface area contributed by atoms with Gasteiger partial charge in [-0.25, -0.2) is 8.42 Å².